The summed E-state index contributed by atoms with van der Waals surface area (Å²) in [6, 6.07) is 15.8. The first-order chi connectivity index (χ1) is 7.21. The molecule has 76 valence electrons. The lowest BCUT2D eigenvalue weighted by Gasteiger charge is -2.24. The second-order valence-electron chi connectivity index (χ2n) is 3.78. The van der Waals surface area contributed by atoms with Gasteiger partial charge in [0, 0.05) is 6.20 Å². The second kappa shape index (κ2) is 3.83. The second-order valence-corrected chi connectivity index (χ2v) is 3.78. The minimum absolute atomic E-state index is 0.525. The summed E-state index contributed by atoms with van der Waals surface area (Å²) in [5, 5.41) is 0. The maximum Gasteiger partial charge on any atom is 0.0810 e. The van der Waals surface area contributed by atoms with Crippen LogP contribution in [-0.2, 0) is 5.54 Å². The van der Waals surface area contributed by atoms with Crippen LogP contribution in [0.25, 0.3) is 0 Å². The zero-order valence-electron chi connectivity index (χ0n) is 8.72. The summed E-state index contributed by atoms with van der Waals surface area (Å²) in [6.45, 7) is 1.98. The molecule has 0 amide bonds. The summed E-state index contributed by atoms with van der Waals surface area (Å²) in [5.74, 6) is 0. The zero-order valence-corrected chi connectivity index (χ0v) is 8.72. The third-order valence-electron chi connectivity index (χ3n) is 2.57. The highest BCUT2D eigenvalue weighted by Crippen LogP contribution is 2.23. The van der Waals surface area contributed by atoms with Gasteiger partial charge in [-0.1, -0.05) is 36.4 Å². The largest absolute Gasteiger partial charge is 0.317 e. The molecule has 2 N–H and O–H groups in total. The van der Waals surface area contributed by atoms with Crippen LogP contribution >= 0.6 is 0 Å². The van der Waals surface area contributed by atoms with E-state index in [0.717, 1.165) is 11.3 Å². The average molecular weight is 198 g/mol. The number of rotatable bonds is 2. The van der Waals surface area contributed by atoms with Gasteiger partial charge in [0.05, 0.1) is 11.2 Å². The van der Waals surface area contributed by atoms with Gasteiger partial charge in [0.2, 0.25) is 0 Å². The molecule has 0 saturated heterocycles. The Bertz CT molecular complexity index is 379. The Hall–Kier alpha value is -1.67. The van der Waals surface area contributed by atoms with Gasteiger partial charge in [-0.3, -0.25) is 4.98 Å². The van der Waals surface area contributed by atoms with Gasteiger partial charge in [0.15, 0.2) is 0 Å². The van der Waals surface area contributed by atoms with E-state index in [1.54, 1.807) is 6.20 Å². The van der Waals surface area contributed by atoms with E-state index in [1.807, 2.05) is 55.5 Å². The van der Waals surface area contributed by atoms with Crippen LogP contribution in [0, 0.1) is 0 Å². The van der Waals surface area contributed by atoms with Gasteiger partial charge >= 0.3 is 0 Å². The van der Waals surface area contributed by atoms with Crippen molar-refractivity contribution in [1.82, 2.24) is 4.98 Å². The van der Waals surface area contributed by atoms with Crippen LogP contribution in [0.4, 0.5) is 0 Å². The molecule has 1 aromatic heterocycles. The minimum atomic E-state index is -0.525. The summed E-state index contributed by atoms with van der Waals surface area (Å²) in [7, 11) is 0. The van der Waals surface area contributed by atoms with Gasteiger partial charge in [-0.25, -0.2) is 0 Å². The fraction of sp³-hybridized carbons (Fsp3) is 0.154. The predicted octanol–water partition coefficient (Wildman–Crippen LogP) is 2.30. The molecular formula is C13H14N2. The minimum Gasteiger partial charge on any atom is -0.317 e. The topological polar surface area (TPSA) is 38.9 Å². The summed E-state index contributed by atoms with van der Waals surface area (Å²) < 4.78 is 0. The van der Waals surface area contributed by atoms with Crippen molar-refractivity contribution in [2.24, 2.45) is 5.73 Å². The molecule has 1 heterocycles. The molecule has 1 aromatic carbocycles. The van der Waals surface area contributed by atoms with Crippen LogP contribution in [0.2, 0.25) is 0 Å². The smallest absolute Gasteiger partial charge is 0.0810 e. The molecule has 0 fully saturated rings. The highest BCUT2D eigenvalue weighted by atomic mass is 14.8. The number of hydrogen-bond acceptors (Lipinski definition) is 2. The first-order valence-corrected chi connectivity index (χ1v) is 4.97. The van der Waals surface area contributed by atoms with Crippen molar-refractivity contribution in [2.45, 2.75) is 12.5 Å². The van der Waals surface area contributed by atoms with E-state index in [4.69, 9.17) is 5.73 Å². The van der Waals surface area contributed by atoms with Crippen LogP contribution < -0.4 is 5.73 Å². The molecule has 0 spiro atoms. The SMILES string of the molecule is CC(N)(c1ccccc1)c1ccccn1. The number of nitrogens with zero attached hydrogens (tertiary/aromatic N) is 1. The summed E-state index contributed by atoms with van der Waals surface area (Å²) in [5.41, 5.74) is 7.73. The Labute approximate surface area is 89.8 Å². The number of aromatic nitrogens is 1. The van der Waals surface area contributed by atoms with E-state index in [0.29, 0.717) is 0 Å². The summed E-state index contributed by atoms with van der Waals surface area (Å²) in [6.07, 6.45) is 1.77. The number of nitrogens with two attached hydrogens (primary N) is 1. The molecule has 2 aromatic rings. The van der Waals surface area contributed by atoms with Crippen molar-refractivity contribution in [3.8, 4) is 0 Å². The lowest BCUT2D eigenvalue weighted by molar-refractivity contribution is 0.582. The Balaban J connectivity index is 2.44. The zero-order chi connectivity index (χ0) is 10.7. The van der Waals surface area contributed by atoms with Gasteiger partial charge in [-0.15, -0.1) is 0 Å². The number of benzene rings is 1. The van der Waals surface area contributed by atoms with E-state index in [9.17, 15) is 0 Å². The van der Waals surface area contributed by atoms with E-state index < -0.39 is 5.54 Å². The third kappa shape index (κ3) is 1.90. The maximum atomic E-state index is 6.30. The molecule has 0 saturated carbocycles. The quantitative estimate of drug-likeness (QED) is 0.804. The van der Waals surface area contributed by atoms with Crippen molar-refractivity contribution in [1.29, 1.82) is 0 Å². The molecule has 15 heavy (non-hydrogen) atoms. The van der Waals surface area contributed by atoms with E-state index in [-0.39, 0.29) is 0 Å². The number of pyridine rings is 1. The van der Waals surface area contributed by atoms with Gasteiger partial charge < -0.3 is 5.73 Å². The highest BCUT2D eigenvalue weighted by Gasteiger charge is 2.24. The van der Waals surface area contributed by atoms with Crippen LogP contribution in [0.1, 0.15) is 18.2 Å². The average Bonchev–Trinajstić information content (AvgIpc) is 2.31. The third-order valence-corrected chi connectivity index (χ3v) is 2.57. The van der Waals surface area contributed by atoms with Gasteiger partial charge in [-0.2, -0.15) is 0 Å². The predicted molar refractivity (Wildman–Crippen MR) is 61.3 cm³/mol. The van der Waals surface area contributed by atoms with Crippen molar-refractivity contribution in [2.75, 3.05) is 0 Å². The lowest BCUT2D eigenvalue weighted by atomic mass is 9.89. The molecular weight excluding hydrogens is 184 g/mol. The molecule has 0 aliphatic rings. The van der Waals surface area contributed by atoms with E-state index >= 15 is 0 Å². The summed E-state index contributed by atoms with van der Waals surface area (Å²) in [4.78, 5) is 4.30. The highest BCUT2D eigenvalue weighted by molar-refractivity contribution is 5.32. The summed E-state index contributed by atoms with van der Waals surface area (Å²) >= 11 is 0. The Morgan fingerprint density at radius 2 is 1.67 bits per heavy atom. The van der Waals surface area contributed by atoms with E-state index in [1.165, 1.54) is 0 Å². The standard InChI is InChI=1S/C13H14N2/c1-13(14,11-7-3-2-4-8-11)12-9-5-6-10-15-12/h2-10H,14H2,1H3. The van der Waals surface area contributed by atoms with Crippen molar-refractivity contribution in [3.63, 3.8) is 0 Å². The molecule has 2 heteroatoms. The first-order valence-electron chi connectivity index (χ1n) is 4.97. The van der Waals surface area contributed by atoms with Gasteiger partial charge in [0.25, 0.3) is 0 Å². The van der Waals surface area contributed by atoms with Gasteiger partial charge in [0.1, 0.15) is 0 Å². The Morgan fingerprint density at radius 3 is 2.27 bits per heavy atom. The van der Waals surface area contributed by atoms with Crippen LogP contribution in [-0.4, -0.2) is 4.98 Å². The fourth-order valence-electron chi connectivity index (χ4n) is 1.60. The molecule has 0 aliphatic carbocycles. The van der Waals surface area contributed by atoms with Gasteiger partial charge in [-0.05, 0) is 24.6 Å². The molecule has 2 nitrogen and oxygen atoms in total. The molecule has 1 atom stereocenters. The van der Waals surface area contributed by atoms with Crippen molar-refractivity contribution < 1.29 is 0 Å². The van der Waals surface area contributed by atoms with Crippen LogP contribution in [0.3, 0.4) is 0 Å². The Morgan fingerprint density at radius 1 is 1.00 bits per heavy atom. The van der Waals surface area contributed by atoms with Crippen molar-refractivity contribution >= 4 is 0 Å². The lowest BCUT2D eigenvalue weighted by Crippen LogP contribution is -2.35. The van der Waals surface area contributed by atoms with E-state index in [2.05, 4.69) is 4.98 Å². The molecule has 0 radical (unpaired) electrons. The molecule has 2 rings (SSSR count). The molecule has 1 unspecified atom stereocenters. The fourth-order valence-corrected chi connectivity index (χ4v) is 1.60. The van der Waals surface area contributed by atoms with Crippen LogP contribution in [0.5, 0.6) is 0 Å². The van der Waals surface area contributed by atoms with Crippen LogP contribution in [0.15, 0.2) is 54.7 Å². The van der Waals surface area contributed by atoms with Crippen molar-refractivity contribution in [3.05, 3.63) is 66.0 Å². The molecule has 0 bridgehead atoms. The molecule has 0 aliphatic heterocycles. The monoisotopic (exact) mass is 198 g/mol. The Kier molecular flexibility index (Phi) is 2.52. The first kappa shape index (κ1) is 9.87. The maximum absolute atomic E-state index is 6.30. The number of hydrogen-bond donors (Lipinski definition) is 1. The normalized spacial score (nSPS) is 14.5.